The Kier molecular flexibility index (Phi) is 2.52. The Morgan fingerprint density at radius 1 is 1.56 bits per heavy atom. The summed E-state index contributed by atoms with van der Waals surface area (Å²) in [6, 6.07) is 2.25. The van der Waals surface area contributed by atoms with Crippen LogP contribution in [0.4, 0.5) is 0 Å². The summed E-state index contributed by atoms with van der Waals surface area (Å²) in [5.74, 6) is 0.685. The van der Waals surface area contributed by atoms with Crippen LogP contribution in [0.5, 0.6) is 0 Å². The van der Waals surface area contributed by atoms with E-state index in [0.717, 1.165) is 0 Å². The van der Waals surface area contributed by atoms with Gasteiger partial charge in [0.25, 0.3) is 0 Å². The summed E-state index contributed by atoms with van der Waals surface area (Å²) in [6.07, 6.45) is 0. The van der Waals surface area contributed by atoms with Gasteiger partial charge in [0.2, 0.25) is 0 Å². The highest BCUT2D eigenvalue weighted by molar-refractivity contribution is 14.1. The fraction of sp³-hybridized carbons (Fsp3) is 0.429. The van der Waals surface area contributed by atoms with Crippen molar-refractivity contribution >= 4 is 33.9 Å². The summed E-state index contributed by atoms with van der Waals surface area (Å²) >= 11 is 4.17. The van der Waals surface area contributed by atoms with Gasteiger partial charge in [-0.25, -0.2) is 0 Å². The minimum Gasteiger partial charge on any atom is -0.137 e. The van der Waals surface area contributed by atoms with Crippen LogP contribution in [-0.2, 0) is 0 Å². The Morgan fingerprint density at radius 2 is 2.22 bits per heavy atom. The highest BCUT2D eigenvalue weighted by atomic mass is 127. The average Bonchev–Trinajstić information content (AvgIpc) is 2.14. The minimum absolute atomic E-state index is 0.685. The normalized spacial score (nSPS) is 10.7. The fourth-order valence-electron chi connectivity index (χ4n) is 0.626. The molecule has 0 aromatic carbocycles. The molecule has 0 N–H and O–H groups in total. The topological polar surface area (TPSA) is 0 Å². The van der Waals surface area contributed by atoms with Crippen LogP contribution < -0.4 is 0 Å². The molecule has 0 radical (unpaired) electrons. The Morgan fingerprint density at radius 3 is 2.44 bits per heavy atom. The number of hydrogen-bond donors (Lipinski definition) is 0. The van der Waals surface area contributed by atoms with Crippen LogP contribution in [0, 0.1) is 2.88 Å². The van der Waals surface area contributed by atoms with E-state index < -0.39 is 0 Å². The molecule has 2 heteroatoms. The molecule has 0 saturated carbocycles. The second-order valence-corrected chi connectivity index (χ2v) is 5.14. The zero-order valence-electron chi connectivity index (χ0n) is 5.52. The van der Waals surface area contributed by atoms with Gasteiger partial charge in [0, 0.05) is 0 Å². The van der Waals surface area contributed by atoms with Crippen LogP contribution in [0.2, 0.25) is 0 Å². The lowest BCUT2D eigenvalue weighted by Gasteiger charge is -1.96. The van der Waals surface area contributed by atoms with E-state index in [1.54, 1.807) is 0 Å². The summed E-state index contributed by atoms with van der Waals surface area (Å²) < 4.78 is 1.39. The Balaban J connectivity index is 2.85. The second kappa shape index (κ2) is 3.01. The van der Waals surface area contributed by atoms with Crippen LogP contribution in [0.1, 0.15) is 25.3 Å². The molecular formula is C7H9IS. The van der Waals surface area contributed by atoms with Crippen molar-refractivity contribution in [2.24, 2.45) is 0 Å². The summed E-state index contributed by atoms with van der Waals surface area (Å²) in [5.41, 5.74) is 1.46. The van der Waals surface area contributed by atoms with Gasteiger partial charge >= 0.3 is 0 Å². The average molecular weight is 252 g/mol. The van der Waals surface area contributed by atoms with Gasteiger partial charge in [0.15, 0.2) is 0 Å². The lowest BCUT2D eigenvalue weighted by atomic mass is 10.1. The van der Waals surface area contributed by atoms with E-state index in [9.17, 15) is 0 Å². The summed E-state index contributed by atoms with van der Waals surface area (Å²) in [7, 11) is 0. The lowest BCUT2D eigenvalue weighted by Crippen LogP contribution is -1.79. The molecule has 0 amide bonds. The van der Waals surface area contributed by atoms with E-state index in [4.69, 9.17) is 0 Å². The highest BCUT2D eigenvalue weighted by Crippen LogP contribution is 2.22. The predicted octanol–water partition coefficient (Wildman–Crippen LogP) is 3.48. The van der Waals surface area contributed by atoms with Gasteiger partial charge in [-0.15, -0.1) is 11.3 Å². The van der Waals surface area contributed by atoms with Crippen LogP contribution in [0.3, 0.4) is 0 Å². The molecule has 1 aromatic heterocycles. The third-order valence-electron chi connectivity index (χ3n) is 1.25. The highest BCUT2D eigenvalue weighted by Gasteiger charge is 1.99. The van der Waals surface area contributed by atoms with Gasteiger partial charge in [-0.05, 0) is 45.5 Å². The molecule has 1 aromatic rings. The molecule has 0 atom stereocenters. The SMILES string of the molecule is CC(C)c1csc(I)c1. The van der Waals surface area contributed by atoms with Crippen molar-refractivity contribution in [2.45, 2.75) is 19.8 Å². The molecule has 50 valence electrons. The van der Waals surface area contributed by atoms with E-state index in [2.05, 4.69) is 47.9 Å². The van der Waals surface area contributed by atoms with E-state index in [1.807, 2.05) is 11.3 Å². The van der Waals surface area contributed by atoms with E-state index in [-0.39, 0.29) is 0 Å². The third-order valence-corrected chi connectivity index (χ3v) is 3.06. The first-order valence-corrected chi connectivity index (χ1v) is 4.90. The van der Waals surface area contributed by atoms with Gasteiger partial charge in [0.1, 0.15) is 0 Å². The Bertz CT molecular complexity index is 191. The van der Waals surface area contributed by atoms with E-state index >= 15 is 0 Å². The Hall–Kier alpha value is 0.430. The van der Waals surface area contributed by atoms with Crippen LogP contribution in [0.25, 0.3) is 0 Å². The molecule has 1 rings (SSSR count). The first kappa shape index (κ1) is 7.54. The van der Waals surface area contributed by atoms with Crippen molar-refractivity contribution in [1.82, 2.24) is 0 Å². The van der Waals surface area contributed by atoms with Crippen molar-refractivity contribution in [2.75, 3.05) is 0 Å². The van der Waals surface area contributed by atoms with E-state index in [0.29, 0.717) is 5.92 Å². The molecule has 0 nitrogen and oxygen atoms in total. The van der Waals surface area contributed by atoms with Gasteiger partial charge < -0.3 is 0 Å². The van der Waals surface area contributed by atoms with Crippen LogP contribution in [-0.4, -0.2) is 0 Å². The smallest absolute Gasteiger partial charge is 0.0656 e. The summed E-state index contributed by atoms with van der Waals surface area (Å²) in [4.78, 5) is 0. The van der Waals surface area contributed by atoms with Crippen molar-refractivity contribution in [3.8, 4) is 0 Å². The van der Waals surface area contributed by atoms with Gasteiger partial charge in [-0.2, -0.15) is 0 Å². The molecular weight excluding hydrogens is 243 g/mol. The van der Waals surface area contributed by atoms with Crippen LogP contribution in [0.15, 0.2) is 11.4 Å². The van der Waals surface area contributed by atoms with Crippen molar-refractivity contribution in [1.29, 1.82) is 0 Å². The van der Waals surface area contributed by atoms with Crippen molar-refractivity contribution in [3.63, 3.8) is 0 Å². The molecule has 0 bridgehead atoms. The number of rotatable bonds is 1. The molecule has 0 spiro atoms. The van der Waals surface area contributed by atoms with E-state index in [1.165, 1.54) is 8.45 Å². The van der Waals surface area contributed by atoms with Gasteiger partial charge in [-0.3, -0.25) is 0 Å². The number of halogens is 1. The lowest BCUT2D eigenvalue weighted by molar-refractivity contribution is 0.872. The maximum absolute atomic E-state index is 2.35. The number of thiophene rings is 1. The van der Waals surface area contributed by atoms with Gasteiger partial charge in [0.05, 0.1) is 2.88 Å². The molecule has 1 heterocycles. The first-order valence-electron chi connectivity index (χ1n) is 2.94. The van der Waals surface area contributed by atoms with Gasteiger partial charge in [-0.1, -0.05) is 13.8 Å². The largest absolute Gasteiger partial charge is 0.137 e. The minimum atomic E-state index is 0.685. The quantitative estimate of drug-likeness (QED) is 0.671. The summed E-state index contributed by atoms with van der Waals surface area (Å²) in [6.45, 7) is 4.44. The monoisotopic (exact) mass is 252 g/mol. The molecule has 0 aliphatic heterocycles. The Labute approximate surface area is 73.4 Å². The zero-order valence-corrected chi connectivity index (χ0v) is 8.49. The standard InChI is InChI=1S/C7H9IS/c1-5(2)6-3-7(8)9-4-6/h3-5H,1-2H3. The molecule has 0 aliphatic rings. The third kappa shape index (κ3) is 1.93. The number of hydrogen-bond acceptors (Lipinski definition) is 1. The maximum Gasteiger partial charge on any atom is 0.0656 e. The van der Waals surface area contributed by atoms with Crippen molar-refractivity contribution < 1.29 is 0 Å². The molecule has 0 saturated heterocycles. The maximum atomic E-state index is 2.35. The molecule has 0 fully saturated rings. The first-order chi connectivity index (χ1) is 4.20. The second-order valence-electron chi connectivity index (χ2n) is 2.34. The molecule has 0 unspecified atom stereocenters. The summed E-state index contributed by atoms with van der Waals surface area (Å²) in [5, 5.41) is 2.23. The predicted molar refractivity (Wildman–Crippen MR) is 51.1 cm³/mol. The van der Waals surface area contributed by atoms with Crippen molar-refractivity contribution in [3.05, 3.63) is 19.9 Å². The molecule has 0 aliphatic carbocycles. The molecule has 9 heavy (non-hydrogen) atoms. The zero-order chi connectivity index (χ0) is 6.85. The van der Waals surface area contributed by atoms with Crippen LogP contribution >= 0.6 is 33.9 Å². The fourth-order valence-corrected chi connectivity index (χ4v) is 2.16.